The minimum atomic E-state index is -1.11. The van der Waals surface area contributed by atoms with Gasteiger partial charge < -0.3 is 20.0 Å². The second-order valence-corrected chi connectivity index (χ2v) is 8.35. The molecule has 1 saturated carbocycles. The van der Waals surface area contributed by atoms with Gasteiger partial charge in [0.25, 0.3) is 0 Å². The Kier molecular flexibility index (Phi) is 5.14. The lowest BCUT2D eigenvalue weighted by atomic mass is 9.78. The first-order valence-corrected chi connectivity index (χ1v) is 10.2. The van der Waals surface area contributed by atoms with Gasteiger partial charge in [0.2, 0.25) is 5.91 Å². The number of hydrogen-bond donors (Lipinski definition) is 3. The van der Waals surface area contributed by atoms with Gasteiger partial charge in [0, 0.05) is 25.7 Å². The number of hydrogen-bond acceptors (Lipinski definition) is 5. The third kappa shape index (κ3) is 3.65. The van der Waals surface area contributed by atoms with Crippen molar-refractivity contribution < 1.29 is 19.8 Å². The molecule has 1 spiro atoms. The Morgan fingerprint density at radius 1 is 1.18 bits per heavy atom. The highest BCUT2D eigenvalue weighted by Gasteiger charge is 2.50. The van der Waals surface area contributed by atoms with Gasteiger partial charge >= 0.3 is 6.09 Å². The highest BCUT2D eigenvalue weighted by atomic mass is 16.4. The maximum Gasteiger partial charge on any atom is 0.409 e. The number of carbonyl (C=O) groups excluding carboxylic acids is 1. The van der Waals surface area contributed by atoms with Crippen LogP contribution in [-0.4, -0.2) is 63.9 Å². The van der Waals surface area contributed by atoms with Crippen LogP contribution in [0.1, 0.15) is 44.9 Å². The standard InChI is InChI=1S/C20H28N4O4/c25-16-5-3-15(4-6-16)24-11-9-20(18(24)26)8-1-10-23(13-20)17-7-2-14(12-21-17)22-19(27)28/h2,7,12,15-16,22,25H,1,3-6,8-11,13H2,(H,27,28)/t15?,16?,20-/m1/s1. The molecule has 3 N–H and O–H groups in total. The Balaban J connectivity index is 1.44. The van der Waals surface area contributed by atoms with Gasteiger partial charge in [0.05, 0.1) is 23.4 Å². The van der Waals surface area contributed by atoms with E-state index >= 15 is 0 Å². The van der Waals surface area contributed by atoms with Crippen LogP contribution in [0.3, 0.4) is 0 Å². The molecule has 1 aromatic rings. The highest BCUT2D eigenvalue weighted by molar-refractivity contribution is 5.86. The molecule has 28 heavy (non-hydrogen) atoms. The zero-order chi connectivity index (χ0) is 19.7. The summed E-state index contributed by atoms with van der Waals surface area (Å²) >= 11 is 0. The molecule has 8 nitrogen and oxygen atoms in total. The Morgan fingerprint density at radius 2 is 1.96 bits per heavy atom. The molecule has 3 heterocycles. The van der Waals surface area contributed by atoms with E-state index in [0.717, 1.165) is 63.9 Å². The largest absolute Gasteiger partial charge is 0.465 e. The molecule has 2 amide bonds. The maximum absolute atomic E-state index is 13.4. The van der Waals surface area contributed by atoms with Gasteiger partial charge in [-0.3, -0.25) is 10.1 Å². The van der Waals surface area contributed by atoms with Gasteiger partial charge in [0.1, 0.15) is 5.82 Å². The molecule has 3 fully saturated rings. The van der Waals surface area contributed by atoms with Crippen LogP contribution in [0.15, 0.2) is 18.3 Å². The minimum absolute atomic E-state index is 0.210. The van der Waals surface area contributed by atoms with E-state index in [1.165, 1.54) is 6.20 Å². The summed E-state index contributed by atoms with van der Waals surface area (Å²) in [6.45, 7) is 2.32. The molecule has 8 heteroatoms. The Hall–Kier alpha value is -2.35. The lowest BCUT2D eigenvalue weighted by Gasteiger charge is -2.41. The zero-order valence-corrected chi connectivity index (χ0v) is 16.0. The monoisotopic (exact) mass is 388 g/mol. The predicted molar refractivity (Wildman–Crippen MR) is 104 cm³/mol. The molecule has 1 atom stereocenters. The van der Waals surface area contributed by atoms with E-state index in [1.54, 1.807) is 6.07 Å². The quantitative estimate of drug-likeness (QED) is 0.734. The van der Waals surface area contributed by atoms with Crippen molar-refractivity contribution in [3.05, 3.63) is 18.3 Å². The van der Waals surface area contributed by atoms with Gasteiger partial charge in [-0.2, -0.15) is 0 Å². The number of piperidine rings is 1. The number of aromatic nitrogens is 1. The van der Waals surface area contributed by atoms with Crippen LogP contribution in [0, 0.1) is 5.41 Å². The Morgan fingerprint density at radius 3 is 2.64 bits per heavy atom. The third-order valence-electron chi connectivity index (χ3n) is 6.55. The number of aliphatic hydroxyl groups excluding tert-OH is 1. The van der Waals surface area contributed by atoms with Crippen LogP contribution in [0.4, 0.5) is 16.3 Å². The molecule has 4 rings (SSSR count). The maximum atomic E-state index is 13.4. The lowest BCUT2D eigenvalue weighted by Crippen LogP contribution is -2.50. The predicted octanol–water partition coefficient (Wildman–Crippen LogP) is 2.29. The van der Waals surface area contributed by atoms with E-state index in [4.69, 9.17) is 5.11 Å². The van der Waals surface area contributed by atoms with Crippen molar-refractivity contribution >= 4 is 23.5 Å². The fourth-order valence-electron chi connectivity index (χ4n) is 5.04. The first kappa shape index (κ1) is 19.0. The van der Waals surface area contributed by atoms with E-state index in [9.17, 15) is 14.7 Å². The van der Waals surface area contributed by atoms with Gasteiger partial charge in [-0.25, -0.2) is 9.78 Å². The van der Waals surface area contributed by atoms with Crippen LogP contribution in [0.2, 0.25) is 0 Å². The minimum Gasteiger partial charge on any atom is -0.465 e. The summed E-state index contributed by atoms with van der Waals surface area (Å²) in [5, 5.41) is 20.8. The Bertz CT molecular complexity index is 732. The number of nitrogens with one attached hydrogen (secondary N) is 1. The van der Waals surface area contributed by atoms with Crippen molar-refractivity contribution in [3.8, 4) is 0 Å². The lowest BCUT2D eigenvalue weighted by molar-refractivity contribution is -0.139. The molecule has 0 aromatic carbocycles. The van der Waals surface area contributed by atoms with Crippen molar-refractivity contribution in [1.29, 1.82) is 0 Å². The summed E-state index contributed by atoms with van der Waals surface area (Å²) < 4.78 is 0. The summed E-state index contributed by atoms with van der Waals surface area (Å²) in [4.78, 5) is 32.7. The molecule has 3 aliphatic rings. The van der Waals surface area contributed by atoms with Gasteiger partial charge in [0.15, 0.2) is 0 Å². The van der Waals surface area contributed by atoms with E-state index in [1.807, 2.05) is 6.07 Å². The molecule has 2 saturated heterocycles. The van der Waals surface area contributed by atoms with Gasteiger partial charge in [-0.15, -0.1) is 0 Å². The molecule has 0 unspecified atom stereocenters. The fraction of sp³-hybridized carbons (Fsp3) is 0.650. The number of pyridine rings is 1. The normalized spacial score (nSPS) is 30.7. The van der Waals surface area contributed by atoms with Crippen molar-refractivity contribution in [2.45, 2.75) is 57.1 Å². The van der Waals surface area contributed by atoms with E-state index in [-0.39, 0.29) is 23.5 Å². The second kappa shape index (κ2) is 7.58. The molecule has 1 aromatic heterocycles. The smallest absolute Gasteiger partial charge is 0.409 e. The topological polar surface area (TPSA) is 106 Å². The molecule has 1 aliphatic carbocycles. The van der Waals surface area contributed by atoms with E-state index in [2.05, 4.69) is 20.1 Å². The van der Waals surface area contributed by atoms with Crippen LogP contribution in [-0.2, 0) is 4.79 Å². The van der Waals surface area contributed by atoms with Crippen LogP contribution >= 0.6 is 0 Å². The number of nitrogens with zero attached hydrogens (tertiary/aromatic N) is 3. The number of carboxylic acid groups (broad SMARTS) is 1. The fourth-order valence-corrected chi connectivity index (χ4v) is 5.04. The van der Waals surface area contributed by atoms with Crippen LogP contribution in [0.5, 0.6) is 0 Å². The molecular formula is C20H28N4O4. The summed E-state index contributed by atoms with van der Waals surface area (Å²) in [5.74, 6) is 1.05. The van der Waals surface area contributed by atoms with Crippen LogP contribution < -0.4 is 10.2 Å². The van der Waals surface area contributed by atoms with Gasteiger partial charge in [-0.1, -0.05) is 0 Å². The van der Waals surface area contributed by atoms with Crippen LogP contribution in [0.25, 0.3) is 0 Å². The number of anilines is 2. The number of carbonyl (C=O) groups is 2. The molecular weight excluding hydrogens is 360 g/mol. The summed E-state index contributed by atoms with van der Waals surface area (Å²) in [7, 11) is 0. The molecule has 2 aliphatic heterocycles. The van der Waals surface area contributed by atoms with Crippen molar-refractivity contribution in [2.24, 2.45) is 5.41 Å². The summed E-state index contributed by atoms with van der Waals surface area (Å²) in [6.07, 6.45) is 6.28. The molecule has 0 bridgehead atoms. The second-order valence-electron chi connectivity index (χ2n) is 8.35. The molecule has 0 radical (unpaired) electrons. The number of aliphatic hydroxyl groups is 1. The number of rotatable bonds is 3. The number of amides is 2. The molecule has 152 valence electrons. The Labute approximate surface area is 164 Å². The average Bonchev–Trinajstić information content (AvgIpc) is 2.98. The first-order valence-electron chi connectivity index (χ1n) is 10.2. The summed E-state index contributed by atoms with van der Waals surface area (Å²) in [6, 6.07) is 3.78. The third-order valence-corrected chi connectivity index (χ3v) is 6.55. The van der Waals surface area contributed by atoms with Crippen molar-refractivity contribution in [3.63, 3.8) is 0 Å². The zero-order valence-electron chi connectivity index (χ0n) is 16.0. The van der Waals surface area contributed by atoms with E-state index in [0.29, 0.717) is 12.2 Å². The van der Waals surface area contributed by atoms with E-state index < -0.39 is 6.09 Å². The average molecular weight is 388 g/mol. The summed E-state index contributed by atoms with van der Waals surface area (Å²) in [5.41, 5.74) is 0.0964. The highest BCUT2D eigenvalue weighted by Crippen LogP contribution is 2.43. The SMILES string of the molecule is O=C(O)Nc1ccc(N2CCC[C@@]3(CCN(C4CCC(O)CC4)C3=O)C2)nc1. The van der Waals surface area contributed by atoms with Crippen molar-refractivity contribution in [2.75, 3.05) is 29.9 Å². The van der Waals surface area contributed by atoms with Crippen molar-refractivity contribution in [1.82, 2.24) is 9.88 Å². The number of likely N-dealkylation sites (tertiary alicyclic amines) is 1. The van der Waals surface area contributed by atoms with Gasteiger partial charge in [-0.05, 0) is 57.1 Å². The first-order chi connectivity index (χ1) is 13.5.